The van der Waals surface area contributed by atoms with Gasteiger partial charge in [-0.25, -0.2) is 4.39 Å². The monoisotopic (exact) mass is 362 g/mol. The number of rotatable bonds is 3. The molecule has 0 heterocycles. The van der Waals surface area contributed by atoms with Crippen LogP contribution in [-0.4, -0.2) is 0 Å². The Balaban J connectivity index is 1.47. The van der Waals surface area contributed by atoms with Crippen molar-refractivity contribution in [3.63, 3.8) is 0 Å². The van der Waals surface area contributed by atoms with Gasteiger partial charge < -0.3 is 0 Å². The van der Waals surface area contributed by atoms with Crippen LogP contribution in [0.5, 0.6) is 0 Å². The summed E-state index contributed by atoms with van der Waals surface area (Å²) in [4.78, 5) is 0. The topological polar surface area (TPSA) is 0 Å². The lowest BCUT2D eigenvalue weighted by Gasteiger charge is -2.42. The van der Waals surface area contributed by atoms with Gasteiger partial charge >= 0.3 is 0 Å². The first-order chi connectivity index (χ1) is 13.1. The smallest absolute Gasteiger partial charge is 0.127 e. The van der Waals surface area contributed by atoms with Crippen LogP contribution in [0.25, 0.3) is 11.1 Å². The van der Waals surface area contributed by atoms with Gasteiger partial charge in [0.1, 0.15) is 5.82 Å². The van der Waals surface area contributed by atoms with Gasteiger partial charge in [0.05, 0.1) is 0 Å². The van der Waals surface area contributed by atoms with Gasteiger partial charge in [0.15, 0.2) is 0 Å². The van der Waals surface area contributed by atoms with Crippen molar-refractivity contribution in [2.24, 2.45) is 17.8 Å². The molecule has 0 N–H and O–H groups in total. The lowest BCUT2D eigenvalue weighted by molar-refractivity contribution is 0.132. The highest BCUT2D eigenvalue weighted by molar-refractivity contribution is 5.64. The van der Waals surface area contributed by atoms with Gasteiger partial charge in [0, 0.05) is 0 Å². The Hall–Kier alpha value is -1.89. The number of benzene rings is 2. The lowest BCUT2D eigenvalue weighted by Crippen LogP contribution is -2.30. The van der Waals surface area contributed by atoms with Crippen LogP contribution in [0, 0.1) is 30.5 Å². The zero-order chi connectivity index (χ0) is 18.8. The van der Waals surface area contributed by atoms with E-state index < -0.39 is 0 Å². The average Bonchev–Trinajstić information content (AvgIpc) is 2.68. The van der Waals surface area contributed by atoms with E-state index in [9.17, 15) is 4.39 Å². The maximum Gasteiger partial charge on any atom is 0.127 e. The van der Waals surface area contributed by atoms with Crippen molar-refractivity contribution < 1.29 is 4.39 Å². The van der Waals surface area contributed by atoms with Crippen molar-refractivity contribution in [2.45, 2.75) is 58.3 Å². The number of halogens is 1. The van der Waals surface area contributed by atoms with Gasteiger partial charge in [-0.1, -0.05) is 54.1 Å². The van der Waals surface area contributed by atoms with Crippen molar-refractivity contribution in [3.8, 4) is 11.1 Å². The highest BCUT2D eigenvalue weighted by Gasteiger charge is 2.36. The van der Waals surface area contributed by atoms with E-state index in [0.717, 1.165) is 40.9 Å². The summed E-state index contributed by atoms with van der Waals surface area (Å²) >= 11 is 0. The molecule has 27 heavy (non-hydrogen) atoms. The Morgan fingerprint density at radius 1 is 0.852 bits per heavy atom. The molecule has 1 heteroatoms. The summed E-state index contributed by atoms with van der Waals surface area (Å²) in [5.41, 5.74) is 4.26. The van der Waals surface area contributed by atoms with E-state index in [1.54, 1.807) is 6.07 Å². The standard InChI is InChI=1S/C26H31F/c1-3-4-19-7-10-22-16-24(12-11-21(22)15-19)25-14-13-23(17-26(25)27)20-8-5-18(2)6-9-20/h3-6,8-9,13-14,17,19,21-22,24H,7,10-12,15-16H2,1-2H3/b4-3+. The fourth-order valence-electron chi connectivity index (χ4n) is 5.44. The van der Waals surface area contributed by atoms with Gasteiger partial charge in [-0.05, 0) is 98.8 Å². The Morgan fingerprint density at radius 3 is 2.30 bits per heavy atom. The Morgan fingerprint density at radius 2 is 1.56 bits per heavy atom. The molecule has 2 aliphatic carbocycles. The second-order valence-electron chi connectivity index (χ2n) is 8.73. The molecule has 0 spiro atoms. The molecule has 0 nitrogen and oxygen atoms in total. The normalized spacial score (nSPS) is 28.3. The third-order valence-corrected chi connectivity index (χ3v) is 6.94. The van der Waals surface area contributed by atoms with Crippen LogP contribution < -0.4 is 0 Å². The van der Waals surface area contributed by atoms with E-state index in [1.165, 1.54) is 37.7 Å². The maximum absolute atomic E-state index is 15.0. The van der Waals surface area contributed by atoms with E-state index in [1.807, 2.05) is 0 Å². The van der Waals surface area contributed by atoms with Crippen molar-refractivity contribution in [1.82, 2.24) is 0 Å². The summed E-state index contributed by atoms with van der Waals surface area (Å²) in [5, 5.41) is 0. The van der Waals surface area contributed by atoms with Crippen LogP contribution >= 0.6 is 0 Å². The molecule has 4 atom stereocenters. The molecule has 2 aromatic rings. The molecule has 2 aliphatic rings. The number of allylic oxidation sites excluding steroid dienone is 2. The Kier molecular flexibility index (Phi) is 5.48. The van der Waals surface area contributed by atoms with Crippen LogP contribution in [0.3, 0.4) is 0 Å². The zero-order valence-corrected chi connectivity index (χ0v) is 16.6. The molecule has 0 bridgehead atoms. The predicted octanol–water partition coefficient (Wildman–Crippen LogP) is 7.68. The summed E-state index contributed by atoms with van der Waals surface area (Å²) in [6, 6.07) is 14.3. The minimum atomic E-state index is -0.0147. The molecule has 0 radical (unpaired) electrons. The van der Waals surface area contributed by atoms with Crippen LogP contribution in [0.2, 0.25) is 0 Å². The van der Waals surface area contributed by atoms with Crippen LogP contribution in [0.1, 0.15) is 62.5 Å². The van der Waals surface area contributed by atoms with Crippen molar-refractivity contribution >= 4 is 0 Å². The molecule has 4 rings (SSSR count). The summed E-state index contributed by atoms with van der Waals surface area (Å²) in [6.07, 6.45) is 12.2. The second-order valence-corrected chi connectivity index (χ2v) is 8.73. The first-order valence-corrected chi connectivity index (χ1v) is 10.6. The van der Waals surface area contributed by atoms with Crippen LogP contribution in [0.4, 0.5) is 4.39 Å². The number of hydrogen-bond acceptors (Lipinski definition) is 0. The zero-order valence-electron chi connectivity index (χ0n) is 16.6. The summed E-state index contributed by atoms with van der Waals surface area (Å²) in [5.74, 6) is 2.81. The molecular formula is C26H31F. The molecule has 0 saturated heterocycles. The highest BCUT2D eigenvalue weighted by atomic mass is 19.1. The third kappa shape index (κ3) is 4.03. The molecule has 2 fully saturated rings. The van der Waals surface area contributed by atoms with Crippen LogP contribution in [0.15, 0.2) is 54.6 Å². The fourth-order valence-corrected chi connectivity index (χ4v) is 5.44. The first-order valence-electron chi connectivity index (χ1n) is 10.6. The molecule has 142 valence electrons. The molecule has 2 saturated carbocycles. The molecular weight excluding hydrogens is 331 g/mol. The van der Waals surface area contributed by atoms with Gasteiger partial charge in [0.2, 0.25) is 0 Å². The summed E-state index contributed by atoms with van der Waals surface area (Å²) in [6.45, 7) is 4.21. The van der Waals surface area contributed by atoms with E-state index in [-0.39, 0.29) is 5.82 Å². The van der Waals surface area contributed by atoms with Crippen molar-refractivity contribution in [3.05, 3.63) is 71.6 Å². The van der Waals surface area contributed by atoms with E-state index >= 15 is 0 Å². The molecule has 0 amide bonds. The highest BCUT2D eigenvalue weighted by Crippen LogP contribution is 2.48. The van der Waals surface area contributed by atoms with Gasteiger partial charge in [0.25, 0.3) is 0 Å². The molecule has 0 aliphatic heterocycles. The Bertz CT molecular complexity index is 801. The Labute approximate surface area is 163 Å². The van der Waals surface area contributed by atoms with Gasteiger partial charge in [-0.15, -0.1) is 0 Å². The predicted molar refractivity (Wildman–Crippen MR) is 112 cm³/mol. The van der Waals surface area contributed by atoms with Crippen molar-refractivity contribution in [1.29, 1.82) is 0 Å². The SMILES string of the molecule is C/C=C/C1CCC2CC(c3ccc(-c4ccc(C)cc4)cc3F)CCC2C1. The molecule has 2 aromatic carbocycles. The minimum absolute atomic E-state index is 0.0147. The summed E-state index contributed by atoms with van der Waals surface area (Å²) < 4.78 is 15.0. The molecule has 4 unspecified atom stereocenters. The third-order valence-electron chi connectivity index (χ3n) is 6.94. The lowest BCUT2D eigenvalue weighted by atomic mass is 9.64. The van der Waals surface area contributed by atoms with E-state index in [0.29, 0.717) is 5.92 Å². The average molecular weight is 363 g/mol. The van der Waals surface area contributed by atoms with Gasteiger partial charge in [-0.3, -0.25) is 0 Å². The summed E-state index contributed by atoms with van der Waals surface area (Å²) in [7, 11) is 0. The minimum Gasteiger partial charge on any atom is -0.207 e. The quantitative estimate of drug-likeness (QED) is 0.491. The first kappa shape index (κ1) is 18.5. The number of aryl methyl sites for hydroxylation is 1. The number of hydrogen-bond donors (Lipinski definition) is 0. The van der Waals surface area contributed by atoms with Crippen molar-refractivity contribution in [2.75, 3.05) is 0 Å². The largest absolute Gasteiger partial charge is 0.207 e. The van der Waals surface area contributed by atoms with Crippen LogP contribution in [-0.2, 0) is 0 Å². The number of fused-ring (bicyclic) bond motifs is 1. The maximum atomic E-state index is 15.0. The molecule has 0 aromatic heterocycles. The second kappa shape index (κ2) is 8.00. The van der Waals surface area contributed by atoms with Gasteiger partial charge in [-0.2, -0.15) is 0 Å². The fraction of sp³-hybridized carbons (Fsp3) is 0.462. The van der Waals surface area contributed by atoms with E-state index in [2.05, 4.69) is 62.4 Å². The van der Waals surface area contributed by atoms with E-state index in [4.69, 9.17) is 0 Å².